The molecule has 0 atom stereocenters. The summed E-state index contributed by atoms with van der Waals surface area (Å²) in [7, 11) is 0. The van der Waals surface area contributed by atoms with Crippen molar-refractivity contribution in [3.63, 3.8) is 0 Å². The molecule has 1 rings (SSSR count). The van der Waals surface area contributed by atoms with Crippen LogP contribution in [-0.4, -0.2) is 17.2 Å². The Morgan fingerprint density at radius 1 is 1.53 bits per heavy atom. The fourth-order valence-electron chi connectivity index (χ4n) is 1.04. The van der Waals surface area contributed by atoms with Crippen LogP contribution in [0.5, 0.6) is 5.75 Å². The third kappa shape index (κ3) is 2.83. The van der Waals surface area contributed by atoms with E-state index in [0.717, 1.165) is 12.1 Å². The SMILES string of the molecule is CC(C)Oc1cc(C(=O)O)c(F)cc1Cl. The van der Waals surface area contributed by atoms with Gasteiger partial charge in [0, 0.05) is 0 Å². The van der Waals surface area contributed by atoms with Gasteiger partial charge >= 0.3 is 5.97 Å². The molecule has 15 heavy (non-hydrogen) atoms. The number of rotatable bonds is 3. The number of carboxylic acid groups (broad SMARTS) is 1. The Bertz CT molecular complexity index is 390. The number of hydrogen-bond donors (Lipinski definition) is 1. The fourth-order valence-corrected chi connectivity index (χ4v) is 1.23. The van der Waals surface area contributed by atoms with Gasteiger partial charge in [-0.05, 0) is 26.0 Å². The van der Waals surface area contributed by atoms with Crippen LogP contribution in [0.4, 0.5) is 4.39 Å². The van der Waals surface area contributed by atoms with Crippen LogP contribution in [0.1, 0.15) is 24.2 Å². The zero-order valence-corrected chi connectivity index (χ0v) is 9.01. The molecular formula is C10H10ClFO3. The maximum absolute atomic E-state index is 13.1. The minimum absolute atomic E-state index is 0.0613. The predicted molar refractivity (Wildman–Crippen MR) is 54.1 cm³/mol. The highest BCUT2D eigenvalue weighted by Crippen LogP contribution is 2.28. The fraction of sp³-hybridized carbons (Fsp3) is 0.300. The van der Waals surface area contributed by atoms with E-state index in [1.54, 1.807) is 13.8 Å². The predicted octanol–water partition coefficient (Wildman–Crippen LogP) is 2.96. The van der Waals surface area contributed by atoms with Gasteiger partial charge in [-0.3, -0.25) is 0 Å². The van der Waals surface area contributed by atoms with Crippen LogP contribution in [0, 0.1) is 5.82 Å². The lowest BCUT2D eigenvalue weighted by atomic mass is 10.2. The maximum Gasteiger partial charge on any atom is 0.338 e. The van der Waals surface area contributed by atoms with Crippen LogP contribution in [-0.2, 0) is 0 Å². The van der Waals surface area contributed by atoms with Gasteiger partial charge in [0.05, 0.1) is 16.7 Å². The number of ether oxygens (including phenoxy) is 1. The van der Waals surface area contributed by atoms with Gasteiger partial charge in [0.15, 0.2) is 0 Å². The Balaban J connectivity index is 3.17. The summed E-state index contributed by atoms with van der Waals surface area (Å²) in [6, 6.07) is 2.02. The summed E-state index contributed by atoms with van der Waals surface area (Å²) in [5.41, 5.74) is -0.449. The quantitative estimate of drug-likeness (QED) is 0.872. The molecule has 0 saturated heterocycles. The molecule has 0 amide bonds. The largest absolute Gasteiger partial charge is 0.489 e. The second kappa shape index (κ2) is 4.49. The highest BCUT2D eigenvalue weighted by atomic mass is 35.5. The van der Waals surface area contributed by atoms with E-state index in [9.17, 15) is 9.18 Å². The van der Waals surface area contributed by atoms with E-state index in [0.29, 0.717) is 0 Å². The van der Waals surface area contributed by atoms with Crippen molar-refractivity contribution in [1.82, 2.24) is 0 Å². The van der Waals surface area contributed by atoms with E-state index in [1.807, 2.05) is 0 Å². The third-order valence-corrected chi connectivity index (χ3v) is 1.91. The molecule has 0 heterocycles. The van der Waals surface area contributed by atoms with Crippen LogP contribution in [0.2, 0.25) is 5.02 Å². The first kappa shape index (κ1) is 11.8. The Hall–Kier alpha value is -1.29. The van der Waals surface area contributed by atoms with E-state index in [4.69, 9.17) is 21.4 Å². The first-order chi connectivity index (χ1) is 6.91. The number of carboxylic acids is 1. The monoisotopic (exact) mass is 232 g/mol. The van der Waals surface area contributed by atoms with Crippen molar-refractivity contribution < 1.29 is 19.0 Å². The van der Waals surface area contributed by atoms with Gasteiger partial charge in [0.2, 0.25) is 0 Å². The summed E-state index contributed by atoms with van der Waals surface area (Å²) < 4.78 is 18.3. The van der Waals surface area contributed by atoms with Crippen molar-refractivity contribution in [2.45, 2.75) is 20.0 Å². The second-order valence-corrected chi connectivity index (χ2v) is 3.64. The summed E-state index contributed by atoms with van der Waals surface area (Å²) in [6.45, 7) is 3.53. The minimum Gasteiger partial charge on any atom is -0.489 e. The first-order valence-corrected chi connectivity index (χ1v) is 4.68. The number of hydrogen-bond acceptors (Lipinski definition) is 2. The number of halogens is 2. The van der Waals surface area contributed by atoms with Crippen molar-refractivity contribution >= 4 is 17.6 Å². The lowest BCUT2D eigenvalue weighted by Crippen LogP contribution is -2.08. The molecule has 1 N–H and O–H groups in total. The van der Waals surface area contributed by atoms with E-state index in [2.05, 4.69) is 0 Å². The van der Waals surface area contributed by atoms with Crippen molar-refractivity contribution in [2.24, 2.45) is 0 Å². The first-order valence-electron chi connectivity index (χ1n) is 4.30. The highest BCUT2D eigenvalue weighted by molar-refractivity contribution is 6.32. The van der Waals surface area contributed by atoms with Gasteiger partial charge in [-0.15, -0.1) is 0 Å². The average molecular weight is 233 g/mol. The third-order valence-electron chi connectivity index (χ3n) is 1.61. The zero-order chi connectivity index (χ0) is 11.6. The molecule has 0 fully saturated rings. The van der Waals surface area contributed by atoms with Crippen molar-refractivity contribution in [2.75, 3.05) is 0 Å². The van der Waals surface area contributed by atoms with Crippen LogP contribution in [0.3, 0.4) is 0 Å². The van der Waals surface area contributed by atoms with E-state index in [1.165, 1.54) is 0 Å². The number of carbonyl (C=O) groups is 1. The molecule has 0 aliphatic heterocycles. The molecule has 0 spiro atoms. The molecular weight excluding hydrogens is 223 g/mol. The van der Waals surface area contributed by atoms with Crippen LogP contribution >= 0.6 is 11.6 Å². The summed E-state index contributed by atoms with van der Waals surface area (Å²) >= 11 is 5.69. The van der Waals surface area contributed by atoms with Crippen LogP contribution < -0.4 is 4.74 Å². The van der Waals surface area contributed by atoms with E-state index >= 15 is 0 Å². The van der Waals surface area contributed by atoms with Gasteiger partial charge in [0.25, 0.3) is 0 Å². The molecule has 0 radical (unpaired) electrons. The average Bonchev–Trinajstić information content (AvgIpc) is 2.08. The van der Waals surface area contributed by atoms with E-state index < -0.39 is 17.3 Å². The lowest BCUT2D eigenvalue weighted by molar-refractivity contribution is 0.0691. The standard InChI is InChI=1S/C10H10ClFO3/c1-5(2)15-9-3-6(10(13)14)8(12)4-7(9)11/h3-5H,1-2H3,(H,13,14). The molecule has 0 aliphatic rings. The van der Waals surface area contributed by atoms with Crippen LogP contribution in [0.15, 0.2) is 12.1 Å². The van der Waals surface area contributed by atoms with Gasteiger partial charge in [-0.25, -0.2) is 9.18 Å². The van der Waals surface area contributed by atoms with Gasteiger partial charge in [-0.1, -0.05) is 11.6 Å². The summed E-state index contributed by atoms with van der Waals surface area (Å²) in [5, 5.41) is 8.74. The van der Waals surface area contributed by atoms with Gasteiger partial charge in [0.1, 0.15) is 11.6 Å². The molecule has 0 saturated carbocycles. The molecule has 3 nitrogen and oxygen atoms in total. The molecule has 1 aromatic carbocycles. The normalized spacial score (nSPS) is 10.5. The zero-order valence-electron chi connectivity index (χ0n) is 8.25. The molecule has 5 heteroatoms. The molecule has 0 bridgehead atoms. The second-order valence-electron chi connectivity index (χ2n) is 3.23. The highest BCUT2D eigenvalue weighted by Gasteiger charge is 2.15. The van der Waals surface area contributed by atoms with Crippen molar-refractivity contribution in [3.05, 3.63) is 28.5 Å². The Morgan fingerprint density at radius 2 is 2.13 bits per heavy atom. The lowest BCUT2D eigenvalue weighted by Gasteiger charge is -2.12. The Kier molecular flexibility index (Phi) is 3.52. The number of benzene rings is 1. The molecule has 0 unspecified atom stereocenters. The molecule has 1 aromatic rings. The molecule has 0 aromatic heterocycles. The molecule has 0 aliphatic carbocycles. The number of aromatic carboxylic acids is 1. The van der Waals surface area contributed by atoms with Gasteiger partial charge < -0.3 is 9.84 Å². The van der Waals surface area contributed by atoms with Crippen molar-refractivity contribution in [1.29, 1.82) is 0 Å². The van der Waals surface area contributed by atoms with Crippen LogP contribution in [0.25, 0.3) is 0 Å². The van der Waals surface area contributed by atoms with Crippen molar-refractivity contribution in [3.8, 4) is 5.75 Å². The smallest absolute Gasteiger partial charge is 0.338 e. The maximum atomic E-state index is 13.1. The Morgan fingerprint density at radius 3 is 2.60 bits per heavy atom. The Labute approximate surface area is 91.4 Å². The van der Waals surface area contributed by atoms with E-state index in [-0.39, 0.29) is 16.9 Å². The summed E-state index contributed by atoms with van der Waals surface area (Å²) in [5.74, 6) is -2.05. The van der Waals surface area contributed by atoms with Gasteiger partial charge in [-0.2, -0.15) is 0 Å². The summed E-state index contributed by atoms with van der Waals surface area (Å²) in [4.78, 5) is 10.6. The minimum atomic E-state index is -1.35. The molecule has 82 valence electrons. The topological polar surface area (TPSA) is 46.5 Å². The summed E-state index contributed by atoms with van der Waals surface area (Å²) in [6.07, 6.45) is -0.158.